The summed E-state index contributed by atoms with van der Waals surface area (Å²) >= 11 is 0. The maximum absolute atomic E-state index is 12.1. The molecule has 28 heavy (non-hydrogen) atoms. The van der Waals surface area contributed by atoms with Crippen LogP contribution in [0.5, 0.6) is 0 Å². The van der Waals surface area contributed by atoms with Crippen molar-refractivity contribution in [1.82, 2.24) is 21.3 Å². The second-order valence-electron chi connectivity index (χ2n) is 7.15. The Balaban J connectivity index is 1.67. The van der Waals surface area contributed by atoms with Gasteiger partial charge < -0.3 is 32.7 Å². The average molecular weight is 380 g/mol. The first-order valence-corrected chi connectivity index (χ1v) is 9.37. The highest BCUT2D eigenvalue weighted by atomic mass is 16.2. The molecule has 2 unspecified atom stereocenters. The molecule has 1 saturated carbocycles. The smallest absolute Gasteiger partial charge is 0.249 e. The van der Waals surface area contributed by atoms with Gasteiger partial charge in [0, 0.05) is 18.2 Å². The van der Waals surface area contributed by atoms with Gasteiger partial charge >= 0.3 is 0 Å². The quantitative estimate of drug-likeness (QED) is 0.302. The Morgan fingerprint density at radius 3 is 2.54 bits per heavy atom. The average Bonchev–Trinajstić information content (AvgIpc) is 3.50. The molecule has 1 aromatic carbocycles. The molecule has 8 N–H and O–H groups in total. The Morgan fingerprint density at radius 2 is 1.93 bits per heavy atom. The van der Waals surface area contributed by atoms with Crippen LogP contribution in [0, 0.1) is 0 Å². The lowest BCUT2D eigenvalue weighted by molar-refractivity contribution is -0.123. The molecule has 1 aromatic rings. The molecular formula is C20H24N6O2. The number of carbonyl (C=O) groups excluding carboxylic acids is 2. The van der Waals surface area contributed by atoms with Crippen LogP contribution in [0.1, 0.15) is 24.4 Å². The lowest BCUT2D eigenvalue weighted by Gasteiger charge is -2.30. The lowest BCUT2D eigenvalue weighted by atomic mass is 10.0. The number of rotatable bonds is 5. The summed E-state index contributed by atoms with van der Waals surface area (Å²) < 4.78 is 0. The van der Waals surface area contributed by atoms with E-state index in [0.29, 0.717) is 17.4 Å². The molecule has 0 aromatic heterocycles. The van der Waals surface area contributed by atoms with E-state index in [1.165, 1.54) is 0 Å². The van der Waals surface area contributed by atoms with Crippen LogP contribution < -0.4 is 32.7 Å². The number of carbonyl (C=O) groups is 2. The van der Waals surface area contributed by atoms with Crippen LogP contribution in [0.15, 0.2) is 65.4 Å². The van der Waals surface area contributed by atoms with E-state index in [9.17, 15) is 9.59 Å². The van der Waals surface area contributed by atoms with Gasteiger partial charge in [0.1, 0.15) is 11.6 Å². The third-order valence-electron chi connectivity index (χ3n) is 4.94. The van der Waals surface area contributed by atoms with Gasteiger partial charge in [0.05, 0.1) is 11.7 Å². The minimum Gasteiger partial charge on any atom is -0.369 e. The lowest BCUT2D eigenvalue weighted by Crippen LogP contribution is -2.41. The third-order valence-corrected chi connectivity index (χ3v) is 4.94. The molecule has 1 amide bonds. The first-order valence-electron chi connectivity index (χ1n) is 9.37. The number of benzene rings is 1. The van der Waals surface area contributed by atoms with Crippen LogP contribution in [0.3, 0.4) is 0 Å². The van der Waals surface area contributed by atoms with E-state index in [1.807, 2.05) is 30.3 Å². The molecule has 8 nitrogen and oxygen atoms in total. The van der Waals surface area contributed by atoms with Gasteiger partial charge in [-0.2, -0.15) is 0 Å². The van der Waals surface area contributed by atoms with Gasteiger partial charge in [-0.15, -0.1) is 0 Å². The van der Waals surface area contributed by atoms with Gasteiger partial charge in [-0.1, -0.05) is 30.3 Å². The number of hydrogen-bond donors (Lipinski definition) is 6. The Bertz CT molecular complexity index is 885. The van der Waals surface area contributed by atoms with Gasteiger partial charge in [0.25, 0.3) is 0 Å². The molecule has 2 heterocycles. The van der Waals surface area contributed by atoms with Gasteiger partial charge in [0.15, 0.2) is 6.04 Å². The second kappa shape index (κ2) is 7.49. The zero-order valence-electron chi connectivity index (χ0n) is 15.4. The molecule has 1 aliphatic carbocycles. The molecule has 0 radical (unpaired) electrons. The number of Topliss-reactive ketones (excluding diaryl/α,β-unsaturated/α-hetero) is 1. The van der Waals surface area contributed by atoms with Gasteiger partial charge in [0.2, 0.25) is 11.7 Å². The molecule has 2 aliphatic heterocycles. The first-order chi connectivity index (χ1) is 13.5. The second-order valence-corrected chi connectivity index (χ2v) is 7.15. The molecule has 4 rings (SSSR count). The molecule has 0 spiro atoms. The first kappa shape index (κ1) is 18.3. The summed E-state index contributed by atoms with van der Waals surface area (Å²) in [4.78, 5) is 23.8. The summed E-state index contributed by atoms with van der Waals surface area (Å²) in [7, 11) is 0. The van der Waals surface area contributed by atoms with Crippen molar-refractivity contribution in [1.29, 1.82) is 0 Å². The van der Waals surface area contributed by atoms with Gasteiger partial charge in [-0.25, -0.2) is 0 Å². The maximum Gasteiger partial charge on any atom is 0.249 e. The maximum atomic E-state index is 12.1. The van der Waals surface area contributed by atoms with Gasteiger partial charge in [-0.05, 0) is 30.6 Å². The fourth-order valence-corrected chi connectivity index (χ4v) is 3.19. The van der Waals surface area contributed by atoms with Crippen molar-refractivity contribution < 1.29 is 9.59 Å². The minimum atomic E-state index is -1.16. The van der Waals surface area contributed by atoms with Crippen molar-refractivity contribution in [3.8, 4) is 0 Å². The highest BCUT2D eigenvalue weighted by Crippen LogP contribution is 2.25. The van der Waals surface area contributed by atoms with Crippen molar-refractivity contribution in [3.05, 3.63) is 71.0 Å². The highest BCUT2D eigenvalue weighted by molar-refractivity contribution is 6.20. The molecule has 2 fully saturated rings. The largest absolute Gasteiger partial charge is 0.369 e. The number of amides is 1. The summed E-state index contributed by atoms with van der Waals surface area (Å²) in [5, 5.41) is 12.8. The summed E-state index contributed by atoms with van der Waals surface area (Å²) in [6.07, 6.45) is 5.98. The number of hydrogen-bond acceptors (Lipinski definition) is 7. The van der Waals surface area contributed by atoms with E-state index in [4.69, 9.17) is 11.5 Å². The predicted molar refractivity (Wildman–Crippen MR) is 105 cm³/mol. The Hall–Kier alpha value is -3.10. The summed E-state index contributed by atoms with van der Waals surface area (Å²) in [6, 6.07) is 9.30. The number of nitrogens with two attached hydrogens (primary N) is 2. The van der Waals surface area contributed by atoms with E-state index < -0.39 is 17.7 Å². The van der Waals surface area contributed by atoms with Crippen molar-refractivity contribution >= 4 is 11.7 Å². The van der Waals surface area contributed by atoms with E-state index in [2.05, 4.69) is 27.3 Å². The SMILES string of the molecule is NCC(/C=C1\NC(=O)C(N)C1=O)=C1\NC(NC2CC2)=CC(c2ccccc2)N1. The van der Waals surface area contributed by atoms with Crippen LogP contribution in [0.4, 0.5) is 0 Å². The molecule has 0 bridgehead atoms. The molecule has 2 atom stereocenters. The molecule has 1 saturated heterocycles. The monoisotopic (exact) mass is 380 g/mol. The zero-order chi connectivity index (χ0) is 19.7. The standard InChI is InChI=1S/C20H24N6O2/c21-10-12(8-15-18(27)17(22)20(28)25-15)19-24-14(11-4-2-1-3-5-11)9-16(26-19)23-13-6-7-13/h1-5,8-9,13-14,17,23-24,26H,6-7,10,21-22H2,(H,25,28)/b15-8-,19-12-. The van der Waals surface area contributed by atoms with Crippen molar-refractivity contribution in [3.63, 3.8) is 0 Å². The van der Waals surface area contributed by atoms with Crippen LogP contribution in [0.2, 0.25) is 0 Å². The summed E-state index contributed by atoms with van der Waals surface area (Å²) in [5.74, 6) is 0.657. The molecule has 3 aliphatic rings. The summed E-state index contributed by atoms with van der Waals surface area (Å²) in [5.41, 5.74) is 13.5. The fraction of sp³-hybridized carbons (Fsp3) is 0.300. The molecule has 146 valence electrons. The fourth-order valence-electron chi connectivity index (χ4n) is 3.19. The molecular weight excluding hydrogens is 356 g/mol. The van der Waals surface area contributed by atoms with Crippen LogP contribution in [-0.2, 0) is 9.59 Å². The topological polar surface area (TPSA) is 134 Å². The number of nitrogens with one attached hydrogen (secondary N) is 4. The van der Waals surface area contributed by atoms with Crippen molar-refractivity contribution in [2.45, 2.75) is 31.0 Å². The van der Waals surface area contributed by atoms with Crippen LogP contribution in [-0.4, -0.2) is 30.3 Å². The number of ketones is 1. The van der Waals surface area contributed by atoms with E-state index in [-0.39, 0.29) is 18.3 Å². The van der Waals surface area contributed by atoms with E-state index >= 15 is 0 Å². The molecule has 8 heteroatoms. The normalized spacial score (nSPS) is 27.6. The predicted octanol–water partition coefficient (Wildman–Crippen LogP) is -0.406. The van der Waals surface area contributed by atoms with Crippen molar-refractivity contribution in [2.24, 2.45) is 11.5 Å². The van der Waals surface area contributed by atoms with Crippen LogP contribution in [0.25, 0.3) is 0 Å². The zero-order valence-corrected chi connectivity index (χ0v) is 15.4. The Labute approximate surface area is 163 Å². The highest BCUT2D eigenvalue weighted by Gasteiger charge is 2.34. The van der Waals surface area contributed by atoms with Crippen molar-refractivity contribution in [2.75, 3.05) is 6.54 Å². The van der Waals surface area contributed by atoms with E-state index in [0.717, 1.165) is 24.2 Å². The van der Waals surface area contributed by atoms with E-state index in [1.54, 1.807) is 6.08 Å². The Morgan fingerprint density at radius 1 is 1.18 bits per heavy atom. The Kier molecular flexibility index (Phi) is 4.89. The summed E-state index contributed by atoms with van der Waals surface area (Å²) in [6.45, 7) is 0.176. The third kappa shape index (κ3) is 3.78. The minimum absolute atomic E-state index is 0.0604. The van der Waals surface area contributed by atoms with Gasteiger partial charge in [-0.3, -0.25) is 9.59 Å². The van der Waals surface area contributed by atoms with Crippen LogP contribution >= 0.6 is 0 Å².